The smallest absolute Gasteiger partial charge is 2.00 e. The molecular formula is AlCrFO+3. The van der Waals surface area contributed by atoms with Gasteiger partial charge in [-0.25, -0.2) is 0 Å². The minimum Gasteiger partial charge on any atom is -2.00 e. The van der Waals surface area contributed by atoms with Gasteiger partial charge in [0.2, 0.25) is 0 Å². The summed E-state index contributed by atoms with van der Waals surface area (Å²) < 4.78 is 0. The molecule has 0 aliphatic carbocycles. The van der Waals surface area contributed by atoms with Gasteiger partial charge in [0.25, 0.3) is 0 Å². The summed E-state index contributed by atoms with van der Waals surface area (Å²) in [7, 11) is 0. The van der Waals surface area contributed by atoms with Crippen molar-refractivity contribution in [2.75, 3.05) is 0 Å². The van der Waals surface area contributed by atoms with Crippen LogP contribution in [0.1, 0.15) is 0 Å². The van der Waals surface area contributed by atoms with E-state index in [4.69, 9.17) is 0 Å². The van der Waals surface area contributed by atoms with Crippen molar-refractivity contribution < 1.29 is 27.5 Å². The van der Waals surface area contributed by atoms with Crippen molar-refractivity contribution in [3.05, 3.63) is 0 Å². The molecular weight excluding hydrogens is 114 g/mol. The van der Waals surface area contributed by atoms with Crippen molar-refractivity contribution in [3.63, 3.8) is 0 Å². The third-order valence-corrected chi connectivity index (χ3v) is 0. The van der Waals surface area contributed by atoms with E-state index < -0.39 is 0 Å². The van der Waals surface area contributed by atoms with Crippen molar-refractivity contribution >= 4 is 17.4 Å². The molecule has 0 amide bonds. The van der Waals surface area contributed by atoms with E-state index in [1.165, 1.54) is 0 Å². The Balaban J connectivity index is 0. The molecule has 0 atom stereocenters. The Kier molecular flexibility index (Phi) is 805. The molecule has 19 valence electrons. The quantitative estimate of drug-likeness (QED) is 0.292. The minimum atomic E-state index is 0. The van der Waals surface area contributed by atoms with E-state index in [1.54, 1.807) is 0 Å². The molecule has 1 radical (unpaired) electrons. The van der Waals surface area contributed by atoms with E-state index in [-0.39, 0.29) is 44.9 Å². The van der Waals surface area contributed by atoms with Crippen LogP contribution in [0.15, 0.2) is 0 Å². The molecule has 0 aromatic rings. The topological polar surface area (TPSA) is 28.5 Å². The van der Waals surface area contributed by atoms with E-state index in [1.807, 2.05) is 0 Å². The predicted molar refractivity (Wildman–Crippen MR) is 6.44 cm³/mol. The zero-order chi connectivity index (χ0) is 0. The van der Waals surface area contributed by atoms with Crippen molar-refractivity contribution in [3.8, 4) is 0 Å². The first kappa shape index (κ1) is 85.0. The molecule has 0 unspecified atom stereocenters. The molecule has 0 aromatic heterocycles. The van der Waals surface area contributed by atoms with Gasteiger partial charge in [0.1, 0.15) is 0 Å². The first-order valence-corrected chi connectivity index (χ1v) is 0. The molecule has 0 aromatic carbocycles. The van der Waals surface area contributed by atoms with Crippen molar-refractivity contribution in [2.24, 2.45) is 0 Å². The summed E-state index contributed by atoms with van der Waals surface area (Å²) in [5.41, 5.74) is 0. The first-order valence-electron chi connectivity index (χ1n) is 0. The summed E-state index contributed by atoms with van der Waals surface area (Å²) in [6.07, 6.45) is 0. The zero-order valence-corrected chi connectivity index (χ0v) is 4.20. The summed E-state index contributed by atoms with van der Waals surface area (Å²) in [5, 5.41) is 0. The van der Waals surface area contributed by atoms with E-state index in [0.717, 1.165) is 0 Å². The normalized spacial score (nSPS) is 0. The molecule has 4 heteroatoms. The van der Waals surface area contributed by atoms with Crippen LogP contribution in [-0.2, 0) is 22.8 Å². The van der Waals surface area contributed by atoms with Gasteiger partial charge in [-0.2, -0.15) is 0 Å². The van der Waals surface area contributed by atoms with Gasteiger partial charge >= 0.3 is 34.7 Å². The molecule has 1 nitrogen and oxygen atoms in total. The Bertz CT molecular complexity index is 8.00. The first-order chi connectivity index (χ1) is 0. The Morgan fingerprint density at radius 3 is 1.00 bits per heavy atom. The van der Waals surface area contributed by atoms with Crippen LogP contribution in [0.3, 0.4) is 0 Å². The van der Waals surface area contributed by atoms with E-state index >= 15 is 0 Å². The fraction of sp³-hybridized carbons (Fsp3) is 0. The predicted octanol–water partition coefficient (Wildman–Crippen LogP) is -3.50. The van der Waals surface area contributed by atoms with Crippen molar-refractivity contribution in [2.45, 2.75) is 0 Å². The molecule has 0 rings (SSSR count). The Morgan fingerprint density at radius 2 is 1.00 bits per heavy atom. The molecule has 0 fully saturated rings. The molecule has 0 spiro atoms. The Labute approximate surface area is 45.3 Å². The minimum absolute atomic E-state index is 0. The van der Waals surface area contributed by atoms with Gasteiger partial charge < -0.3 is 10.2 Å². The van der Waals surface area contributed by atoms with Crippen LogP contribution in [0, 0.1) is 0 Å². The molecule has 0 aliphatic heterocycles. The van der Waals surface area contributed by atoms with Crippen molar-refractivity contribution in [1.82, 2.24) is 0 Å². The molecule has 0 aliphatic rings. The summed E-state index contributed by atoms with van der Waals surface area (Å²) >= 11 is 0. The fourth-order valence-electron chi connectivity index (χ4n) is 0. The van der Waals surface area contributed by atoms with Gasteiger partial charge in [0.05, 0.1) is 0 Å². The van der Waals surface area contributed by atoms with Crippen molar-refractivity contribution in [1.29, 1.82) is 0 Å². The summed E-state index contributed by atoms with van der Waals surface area (Å²) in [5.74, 6) is 0. The van der Waals surface area contributed by atoms with Gasteiger partial charge in [-0.15, -0.1) is 0 Å². The standard InChI is InChI=1S/Al.Cr.FH.O/h;;1H;/q2*+3;;-2/p-1. The Hall–Kier alpha value is 0.955. The molecule has 0 N–H and O–H groups in total. The van der Waals surface area contributed by atoms with Crippen LogP contribution in [0.5, 0.6) is 0 Å². The number of hydrogen-bond donors (Lipinski definition) is 0. The van der Waals surface area contributed by atoms with Crippen LogP contribution in [-0.4, -0.2) is 17.4 Å². The molecule has 0 heterocycles. The van der Waals surface area contributed by atoms with Gasteiger partial charge in [-0.05, 0) is 0 Å². The maximum Gasteiger partial charge on any atom is 3.00 e. The van der Waals surface area contributed by atoms with Crippen LogP contribution < -0.4 is 4.70 Å². The molecule has 0 bridgehead atoms. The molecule has 0 saturated carbocycles. The van der Waals surface area contributed by atoms with Gasteiger partial charge in [-0.3, -0.25) is 0 Å². The number of rotatable bonds is 0. The van der Waals surface area contributed by atoms with Gasteiger partial charge in [-0.1, -0.05) is 0 Å². The third kappa shape index (κ3) is 12.4. The monoisotopic (exact) mass is 114 g/mol. The molecule has 4 heavy (non-hydrogen) atoms. The maximum atomic E-state index is 0. The third-order valence-electron chi connectivity index (χ3n) is 0. The van der Waals surface area contributed by atoms with Crippen LogP contribution >= 0.6 is 0 Å². The Morgan fingerprint density at radius 1 is 1.00 bits per heavy atom. The van der Waals surface area contributed by atoms with E-state index in [2.05, 4.69) is 0 Å². The van der Waals surface area contributed by atoms with Crippen LogP contribution in [0.4, 0.5) is 0 Å². The number of hydrogen-bond acceptors (Lipinski definition) is 0. The average Bonchev–Trinajstić information content (AvgIpc) is 0. The average molecular weight is 114 g/mol. The fourth-order valence-corrected chi connectivity index (χ4v) is 0. The summed E-state index contributed by atoms with van der Waals surface area (Å²) in [6.45, 7) is 0. The SMILES string of the molecule is [Al+3].[Cr+3].[F-].[O-2]. The van der Waals surface area contributed by atoms with Gasteiger partial charge in [0.15, 0.2) is 0 Å². The van der Waals surface area contributed by atoms with E-state index in [9.17, 15) is 0 Å². The van der Waals surface area contributed by atoms with E-state index in [0.29, 0.717) is 0 Å². The summed E-state index contributed by atoms with van der Waals surface area (Å²) in [4.78, 5) is 0. The zero-order valence-electron chi connectivity index (χ0n) is 1.77. The number of halogens is 1. The van der Waals surface area contributed by atoms with Gasteiger partial charge in [0, 0.05) is 0 Å². The maximum absolute atomic E-state index is 0. The summed E-state index contributed by atoms with van der Waals surface area (Å²) in [6, 6.07) is 0. The molecule has 0 saturated heterocycles. The second-order valence-corrected chi connectivity index (χ2v) is 0. The second kappa shape index (κ2) is 37.9. The second-order valence-electron chi connectivity index (χ2n) is 0. The van der Waals surface area contributed by atoms with Crippen LogP contribution in [0.2, 0.25) is 0 Å². The van der Waals surface area contributed by atoms with Crippen LogP contribution in [0.25, 0.3) is 0 Å². The largest absolute Gasteiger partial charge is 3.00 e.